The standard InChI is InChI=1S/C7H2Br5Cl/c8-4-2-1-3(7(11,12)13)5(9)6(4)10/h1-2H. The molecule has 0 unspecified atom stereocenters. The molecule has 0 N–H and O–H groups in total. The lowest BCUT2D eigenvalue weighted by Gasteiger charge is -2.15. The first-order valence-electron chi connectivity index (χ1n) is 3.04. The second kappa shape index (κ2) is 4.83. The fourth-order valence-electron chi connectivity index (χ4n) is 0.745. The van der Waals surface area contributed by atoms with Gasteiger partial charge in [-0.3, -0.25) is 0 Å². The molecule has 0 bridgehead atoms. The zero-order valence-electron chi connectivity index (χ0n) is 5.92. The third-order valence-corrected chi connectivity index (χ3v) is 5.77. The van der Waals surface area contributed by atoms with Gasteiger partial charge in [0.1, 0.15) is 0 Å². The second-order valence-electron chi connectivity index (χ2n) is 2.22. The maximum absolute atomic E-state index is 6.06. The molecule has 0 amide bonds. The monoisotopic (exact) mass is 516 g/mol. The number of alkyl halides is 3. The molecule has 0 nitrogen and oxygen atoms in total. The van der Waals surface area contributed by atoms with Crippen LogP contribution in [0.1, 0.15) is 5.56 Å². The van der Waals surface area contributed by atoms with E-state index in [2.05, 4.69) is 79.6 Å². The van der Waals surface area contributed by atoms with Crippen molar-refractivity contribution >= 4 is 91.3 Å². The van der Waals surface area contributed by atoms with Gasteiger partial charge in [0.05, 0.1) is 0 Å². The molecule has 1 rings (SSSR count). The molecule has 0 saturated heterocycles. The predicted octanol–water partition coefficient (Wildman–Crippen LogP) is 6.11. The number of benzene rings is 1. The van der Waals surface area contributed by atoms with Gasteiger partial charge >= 0.3 is 0 Å². The van der Waals surface area contributed by atoms with Crippen molar-refractivity contribution in [3.63, 3.8) is 0 Å². The van der Waals surface area contributed by atoms with Gasteiger partial charge in [0, 0.05) is 19.0 Å². The fraction of sp³-hybridized carbons (Fsp3) is 0.143. The first-order valence-corrected chi connectivity index (χ1v) is 7.39. The highest BCUT2D eigenvalue weighted by atomic mass is 79.9. The van der Waals surface area contributed by atoms with Crippen LogP contribution in [0.5, 0.6) is 0 Å². The van der Waals surface area contributed by atoms with E-state index >= 15 is 0 Å². The number of rotatable bonds is 1. The van der Waals surface area contributed by atoms with Crippen LogP contribution < -0.4 is 0 Å². The minimum Gasteiger partial charge on any atom is -0.0885 e. The maximum atomic E-state index is 6.06. The third-order valence-electron chi connectivity index (χ3n) is 1.34. The summed E-state index contributed by atoms with van der Waals surface area (Å²) in [5.74, 6) is 0. The summed E-state index contributed by atoms with van der Waals surface area (Å²) in [6.45, 7) is 0. The molecular formula is C7H2Br5Cl. The van der Waals surface area contributed by atoms with Gasteiger partial charge in [0.25, 0.3) is 0 Å². The van der Waals surface area contributed by atoms with E-state index in [1.165, 1.54) is 0 Å². The summed E-state index contributed by atoms with van der Waals surface area (Å²) < 4.78 is 2.09. The van der Waals surface area contributed by atoms with Crippen molar-refractivity contribution < 1.29 is 0 Å². The average molecular weight is 521 g/mol. The lowest BCUT2D eigenvalue weighted by atomic mass is 10.2. The fourth-order valence-corrected chi connectivity index (χ4v) is 3.79. The molecule has 0 heterocycles. The van der Waals surface area contributed by atoms with Crippen molar-refractivity contribution in [3.8, 4) is 0 Å². The minimum absolute atomic E-state index is 0.734. The number of hydrogen-bond donors (Lipinski definition) is 0. The van der Waals surface area contributed by atoms with Crippen LogP contribution in [0.15, 0.2) is 25.6 Å². The maximum Gasteiger partial charge on any atom is 0.179 e. The molecule has 72 valence electrons. The zero-order valence-corrected chi connectivity index (χ0v) is 14.6. The molecule has 0 aromatic heterocycles. The SMILES string of the molecule is ClC(Br)(Br)c1ccc(Br)c(Br)c1Br. The molecule has 0 saturated carbocycles. The summed E-state index contributed by atoms with van der Waals surface area (Å²) in [6, 6.07) is 3.83. The Hall–Kier alpha value is 1.91. The van der Waals surface area contributed by atoms with E-state index in [4.69, 9.17) is 11.6 Å². The summed E-state index contributed by atoms with van der Waals surface area (Å²) in [7, 11) is 0. The molecular weight excluding hydrogens is 519 g/mol. The van der Waals surface area contributed by atoms with Crippen molar-refractivity contribution in [1.29, 1.82) is 0 Å². The Morgan fingerprint density at radius 1 is 1.00 bits per heavy atom. The van der Waals surface area contributed by atoms with E-state index in [1.54, 1.807) is 0 Å². The molecule has 1 aromatic rings. The van der Waals surface area contributed by atoms with Crippen LogP contribution in [0.3, 0.4) is 0 Å². The van der Waals surface area contributed by atoms with Crippen LogP contribution in [-0.2, 0) is 2.69 Å². The molecule has 0 aliphatic heterocycles. The van der Waals surface area contributed by atoms with Gasteiger partial charge in [-0.2, -0.15) is 0 Å². The first-order chi connectivity index (χ1) is 5.84. The van der Waals surface area contributed by atoms with Crippen LogP contribution in [0.4, 0.5) is 0 Å². The number of hydrogen-bond acceptors (Lipinski definition) is 0. The molecule has 0 atom stereocenters. The molecule has 0 radical (unpaired) electrons. The Labute approximate surface area is 123 Å². The number of halogens is 6. The van der Waals surface area contributed by atoms with Gasteiger partial charge < -0.3 is 0 Å². The molecule has 13 heavy (non-hydrogen) atoms. The second-order valence-corrected chi connectivity index (χ2v) is 9.58. The quantitative estimate of drug-likeness (QED) is 0.309. The highest BCUT2D eigenvalue weighted by molar-refractivity contribution is 9.25. The predicted molar refractivity (Wildman–Crippen MR) is 74.9 cm³/mol. The summed E-state index contributed by atoms with van der Waals surface area (Å²) in [4.78, 5) is 0. The van der Waals surface area contributed by atoms with Gasteiger partial charge in [-0.15, -0.1) is 0 Å². The van der Waals surface area contributed by atoms with Crippen molar-refractivity contribution in [1.82, 2.24) is 0 Å². The summed E-state index contributed by atoms with van der Waals surface area (Å²) in [6.07, 6.45) is 0. The topological polar surface area (TPSA) is 0 Å². The lowest BCUT2D eigenvalue weighted by Crippen LogP contribution is -2.00. The Bertz CT molecular complexity index is 330. The van der Waals surface area contributed by atoms with Crippen LogP contribution in [0.25, 0.3) is 0 Å². The van der Waals surface area contributed by atoms with E-state index < -0.39 is 2.69 Å². The van der Waals surface area contributed by atoms with Crippen LogP contribution in [0.2, 0.25) is 0 Å². The highest BCUT2D eigenvalue weighted by Gasteiger charge is 2.25. The zero-order chi connectivity index (χ0) is 10.2. The van der Waals surface area contributed by atoms with Gasteiger partial charge in [-0.1, -0.05) is 17.7 Å². The molecule has 0 spiro atoms. The van der Waals surface area contributed by atoms with E-state index in [1.807, 2.05) is 12.1 Å². The van der Waals surface area contributed by atoms with Gasteiger partial charge in [0.2, 0.25) is 0 Å². The largest absolute Gasteiger partial charge is 0.179 e. The van der Waals surface area contributed by atoms with Gasteiger partial charge in [-0.05, 0) is 85.7 Å². The normalized spacial score (nSPS) is 11.8. The lowest BCUT2D eigenvalue weighted by molar-refractivity contribution is 1.28. The minimum atomic E-state index is -0.734. The van der Waals surface area contributed by atoms with Crippen molar-refractivity contribution in [2.45, 2.75) is 2.69 Å². The highest BCUT2D eigenvalue weighted by Crippen LogP contribution is 2.48. The molecule has 0 fully saturated rings. The van der Waals surface area contributed by atoms with Crippen LogP contribution in [0, 0.1) is 0 Å². The first kappa shape index (κ1) is 13.0. The summed E-state index contributed by atoms with van der Waals surface area (Å²) in [5, 5.41) is 0. The van der Waals surface area contributed by atoms with Crippen LogP contribution >= 0.6 is 91.3 Å². The van der Waals surface area contributed by atoms with E-state index in [9.17, 15) is 0 Å². The molecule has 0 aliphatic rings. The Morgan fingerprint density at radius 2 is 1.54 bits per heavy atom. The van der Waals surface area contributed by atoms with Crippen molar-refractivity contribution in [2.24, 2.45) is 0 Å². The van der Waals surface area contributed by atoms with E-state index in [-0.39, 0.29) is 0 Å². The van der Waals surface area contributed by atoms with Gasteiger partial charge in [0.15, 0.2) is 2.69 Å². The molecule has 6 heteroatoms. The third kappa shape index (κ3) is 3.18. The van der Waals surface area contributed by atoms with Crippen LogP contribution in [-0.4, -0.2) is 0 Å². The Morgan fingerprint density at radius 3 is 2.00 bits per heavy atom. The van der Waals surface area contributed by atoms with Crippen molar-refractivity contribution in [2.75, 3.05) is 0 Å². The molecule has 0 aliphatic carbocycles. The summed E-state index contributed by atoms with van der Waals surface area (Å²) >= 11 is 22.9. The summed E-state index contributed by atoms with van der Waals surface area (Å²) in [5.41, 5.74) is 0.907. The van der Waals surface area contributed by atoms with E-state index in [0.717, 1.165) is 19.0 Å². The van der Waals surface area contributed by atoms with Crippen molar-refractivity contribution in [3.05, 3.63) is 31.1 Å². The Balaban J connectivity index is 3.35. The average Bonchev–Trinajstić information content (AvgIpc) is 1.98. The van der Waals surface area contributed by atoms with Gasteiger partial charge in [-0.25, -0.2) is 0 Å². The van der Waals surface area contributed by atoms with E-state index in [0.29, 0.717) is 0 Å². The molecule has 1 aromatic carbocycles. The Kier molecular flexibility index (Phi) is 4.82. The smallest absolute Gasteiger partial charge is 0.0885 e.